The van der Waals surface area contributed by atoms with Gasteiger partial charge in [-0.2, -0.15) is 0 Å². The fraction of sp³-hybridized carbons (Fsp3) is 0.130. The maximum absolute atomic E-state index is 12.9. The predicted molar refractivity (Wildman–Crippen MR) is 116 cm³/mol. The molecule has 0 unspecified atom stereocenters. The molecule has 0 saturated heterocycles. The lowest BCUT2D eigenvalue weighted by molar-refractivity contribution is -0.140. The van der Waals surface area contributed by atoms with Gasteiger partial charge in [0.2, 0.25) is 5.75 Å². The van der Waals surface area contributed by atoms with Crippen molar-refractivity contribution in [2.75, 3.05) is 7.11 Å². The summed E-state index contributed by atoms with van der Waals surface area (Å²) in [6.07, 6.45) is -0.177. The molecule has 31 heavy (non-hydrogen) atoms. The fourth-order valence-electron chi connectivity index (χ4n) is 3.53. The van der Waals surface area contributed by atoms with Crippen molar-refractivity contribution in [2.45, 2.75) is 12.3 Å². The van der Waals surface area contributed by atoms with Gasteiger partial charge in [0.05, 0.1) is 19.1 Å². The third kappa shape index (κ3) is 3.62. The van der Waals surface area contributed by atoms with Crippen molar-refractivity contribution in [1.82, 2.24) is 0 Å². The first-order valence-electron chi connectivity index (χ1n) is 9.32. The Labute approximate surface area is 180 Å². The van der Waals surface area contributed by atoms with Crippen LogP contribution in [0.5, 0.6) is 17.2 Å². The molecule has 0 aliphatic heterocycles. The summed E-state index contributed by atoms with van der Waals surface area (Å²) in [7, 11) is 1.24. The summed E-state index contributed by atoms with van der Waals surface area (Å²) in [6.45, 7) is 0. The van der Waals surface area contributed by atoms with Crippen LogP contribution in [0.4, 0.5) is 0 Å². The Morgan fingerprint density at radius 3 is 2.45 bits per heavy atom. The van der Waals surface area contributed by atoms with Gasteiger partial charge in [0.25, 0.3) is 0 Å². The Bertz CT molecular complexity index is 1310. The van der Waals surface area contributed by atoms with Crippen molar-refractivity contribution < 1.29 is 29.3 Å². The zero-order chi connectivity index (χ0) is 22.1. The van der Waals surface area contributed by atoms with Gasteiger partial charge in [0.1, 0.15) is 16.7 Å². The minimum Gasteiger partial charge on any atom is -0.504 e. The molecule has 0 spiro atoms. The van der Waals surface area contributed by atoms with Gasteiger partial charge in [0, 0.05) is 22.4 Å². The van der Waals surface area contributed by atoms with Crippen LogP contribution in [0.1, 0.15) is 22.8 Å². The molecular weight excluding hydrogens is 420 g/mol. The van der Waals surface area contributed by atoms with Gasteiger partial charge >= 0.3 is 5.97 Å². The largest absolute Gasteiger partial charge is 0.504 e. The monoisotopic (exact) mass is 438 g/mol. The molecule has 3 N–H and O–H groups in total. The van der Waals surface area contributed by atoms with Crippen molar-refractivity contribution in [2.24, 2.45) is 0 Å². The second-order valence-electron chi connectivity index (χ2n) is 6.85. The number of phenols is 3. The van der Waals surface area contributed by atoms with Crippen LogP contribution in [0.2, 0.25) is 0 Å². The van der Waals surface area contributed by atoms with Crippen LogP contribution < -0.4 is 5.43 Å². The molecule has 8 heteroatoms. The Morgan fingerprint density at radius 2 is 1.81 bits per heavy atom. The number of carbonyl (C=O) groups excluding carboxylic acids is 1. The van der Waals surface area contributed by atoms with Crippen LogP contribution in [-0.4, -0.2) is 28.4 Å². The van der Waals surface area contributed by atoms with E-state index in [4.69, 9.17) is 9.15 Å². The van der Waals surface area contributed by atoms with Crippen LogP contribution in [0.15, 0.2) is 63.1 Å². The van der Waals surface area contributed by atoms with Crippen LogP contribution in [0, 0.1) is 0 Å². The highest BCUT2D eigenvalue weighted by Gasteiger charge is 2.31. The average Bonchev–Trinajstić information content (AvgIpc) is 3.31. The molecular formula is C23H18O7S. The number of thiophene rings is 1. The normalized spacial score (nSPS) is 12.0. The summed E-state index contributed by atoms with van der Waals surface area (Å²) in [6, 6.07) is 13.6. The number of esters is 1. The number of hydrogen-bond acceptors (Lipinski definition) is 8. The molecule has 0 bridgehead atoms. The first kappa shape index (κ1) is 20.5. The average molecular weight is 438 g/mol. The molecule has 0 aliphatic carbocycles. The lowest BCUT2D eigenvalue weighted by Crippen LogP contribution is -2.11. The summed E-state index contributed by atoms with van der Waals surface area (Å²) in [5.41, 5.74) is -0.0771. The highest BCUT2D eigenvalue weighted by Crippen LogP contribution is 2.49. The van der Waals surface area contributed by atoms with Crippen molar-refractivity contribution in [1.29, 1.82) is 0 Å². The van der Waals surface area contributed by atoms with E-state index >= 15 is 0 Å². The van der Waals surface area contributed by atoms with Crippen molar-refractivity contribution >= 4 is 28.3 Å². The summed E-state index contributed by atoms with van der Waals surface area (Å²) >= 11 is 1.33. The van der Waals surface area contributed by atoms with E-state index in [1.165, 1.54) is 24.5 Å². The van der Waals surface area contributed by atoms with Crippen LogP contribution in [0.3, 0.4) is 0 Å². The van der Waals surface area contributed by atoms with Gasteiger partial charge in [-0.15, -0.1) is 11.3 Å². The molecule has 0 radical (unpaired) electrons. The molecule has 7 nitrogen and oxygen atoms in total. The minimum absolute atomic E-state index is 0.0213. The van der Waals surface area contributed by atoms with Crippen molar-refractivity contribution in [3.8, 4) is 28.6 Å². The summed E-state index contributed by atoms with van der Waals surface area (Å²) < 4.78 is 10.8. The summed E-state index contributed by atoms with van der Waals surface area (Å²) in [5.74, 6) is -3.43. The highest BCUT2D eigenvalue weighted by molar-refractivity contribution is 7.10. The minimum atomic E-state index is -0.853. The van der Waals surface area contributed by atoms with Gasteiger partial charge < -0.3 is 24.5 Å². The molecule has 2 aromatic heterocycles. The zero-order valence-electron chi connectivity index (χ0n) is 16.4. The molecule has 0 saturated carbocycles. The van der Waals surface area contributed by atoms with Crippen molar-refractivity contribution in [3.05, 3.63) is 74.6 Å². The fourth-order valence-corrected chi connectivity index (χ4v) is 4.36. The molecule has 1 atom stereocenters. The van der Waals surface area contributed by atoms with Crippen molar-refractivity contribution in [3.63, 3.8) is 0 Å². The Hall–Kier alpha value is -3.78. The number of rotatable bonds is 5. The van der Waals surface area contributed by atoms with Crippen LogP contribution in [0.25, 0.3) is 22.3 Å². The zero-order valence-corrected chi connectivity index (χ0v) is 17.2. The quantitative estimate of drug-likeness (QED) is 0.313. The second-order valence-corrected chi connectivity index (χ2v) is 7.83. The maximum Gasteiger partial charge on any atom is 0.306 e. The SMILES string of the molecule is COC(=O)C[C@H](c1cccs1)c1c(O)c(O)c(O)c2c(=O)cc(-c3ccccc3)oc12. The van der Waals surface area contributed by atoms with Crippen LogP contribution >= 0.6 is 11.3 Å². The second kappa shape index (κ2) is 8.16. The van der Waals surface area contributed by atoms with Gasteiger partial charge in [-0.25, -0.2) is 0 Å². The summed E-state index contributed by atoms with van der Waals surface area (Å²) in [4.78, 5) is 25.7. The maximum atomic E-state index is 12.9. The predicted octanol–water partition coefficient (Wildman–Crippen LogP) is 4.33. The van der Waals surface area contributed by atoms with E-state index < -0.39 is 34.6 Å². The number of phenolic OH excluding ortho intramolecular Hbond substituents is 3. The molecule has 0 fully saturated rings. The molecule has 2 aromatic carbocycles. The molecule has 0 aliphatic rings. The number of carbonyl (C=O) groups is 1. The smallest absolute Gasteiger partial charge is 0.306 e. The van der Waals surface area contributed by atoms with E-state index in [2.05, 4.69) is 0 Å². The number of ether oxygens (including phenoxy) is 1. The van der Waals surface area contributed by atoms with Gasteiger partial charge in [-0.05, 0) is 11.4 Å². The third-order valence-electron chi connectivity index (χ3n) is 5.02. The molecule has 4 rings (SSSR count). The number of aromatic hydroxyl groups is 3. The van der Waals surface area contributed by atoms with E-state index in [9.17, 15) is 24.9 Å². The summed E-state index contributed by atoms with van der Waals surface area (Å²) in [5, 5.41) is 33.0. The first-order chi connectivity index (χ1) is 14.9. The number of hydrogen-bond donors (Lipinski definition) is 3. The van der Waals surface area contributed by atoms with Gasteiger partial charge in [-0.1, -0.05) is 36.4 Å². The Balaban J connectivity index is 2.08. The number of fused-ring (bicyclic) bond motifs is 1. The molecule has 0 amide bonds. The topological polar surface area (TPSA) is 117 Å². The van der Waals surface area contributed by atoms with E-state index in [-0.39, 0.29) is 28.7 Å². The van der Waals surface area contributed by atoms with Crippen LogP contribution in [-0.2, 0) is 9.53 Å². The molecule has 158 valence electrons. The third-order valence-corrected chi connectivity index (χ3v) is 6.01. The Kier molecular flexibility index (Phi) is 5.39. The van der Waals surface area contributed by atoms with E-state index in [0.29, 0.717) is 10.4 Å². The van der Waals surface area contributed by atoms with E-state index in [1.54, 1.807) is 41.8 Å². The standard InChI is InChI=1S/C23H18O7S/c1-29-17(25)10-13(16-8-5-9-31-16)18-20(26)22(28)21(27)19-14(24)11-15(30-23(18)19)12-6-3-2-4-7-12/h2-9,11,13,26-28H,10H2,1H3/t13-/m1/s1. The lowest BCUT2D eigenvalue weighted by atomic mass is 9.90. The molecule has 2 heterocycles. The Morgan fingerprint density at radius 1 is 1.06 bits per heavy atom. The molecule has 4 aromatic rings. The number of methoxy groups -OCH3 is 1. The lowest BCUT2D eigenvalue weighted by Gasteiger charge is -2.19. The highest BCUT2D eigenvalue weighted by atomic mass is 32.1. The van der Waals surface area contributed by atoms with E-state index in [1.807, 2.05) is 6.07 Å². The van der Waals surface area contributed by atoms with E-state index in [0.717, 1.165) is 0 Å². The van der Waals surface area contributed by atoms with Gasteiger partial charge in [-0.3, -0.25) is 9.59 Å². The van der Waals surface area contributed by atoms with Gasteiger partial charge in [0.15, 0.2) is 16.9 Å². The number of benzene rings is 2. The first-order valence-corrected chi connectivity index (χ1v) is 10.2.